The molecule has 0 bridgehead atoms. The molecule has 1 saturated carbocycles. The summed E-state index contributed by atoms with van der Waals surface area (Å²) < 4.78 is 1.27. The first-order valence-corrected chi connectivity index (χ1v) is 6.45. The number of aryl methyl sites for hydroxylation is 1. The average molecular weight is 312 g/mol. The molecular formula is C12H13IN2. The van der Waals surface area contributed by atoms with Gasteiger partial charge in [0.25, 0.3) is 0 Å². The summed E-state index contributed by atoms with van der Waals surface area (Å²) >= 11 is 2.35. The van der Waals surface area contributed by atoms with Gasteiger partial charge in [-0.1, -0.05) is 0 Å². The number of hydrogen-bond acceptors (Lipinski definition) is 1. The topological polar surface area (TPSA) is 28.7 Å². The number of aromatic nitrogens is 2. The summed E-state index contributed by atoms with van der Waals surface area (Å²) in [6.45, 7) is 2.14. The molecule has 2 nitrogen and oxygen atoms in total. The lowest BCUT2D eigenvalue weighted by Gasteiger charge is -1.95. The molecule has 1 N–H and O–H groups in total. The SMILES string of the molecule is Cc1cc(I)cc2nc(CC3CC3)[nH]c12. The quantitative estimate of drug-likeness (QED) is 0.846. The molecule has 15 heavy (non-hydrogen) atoms. The first-order chi connectivity index (χ1) is 7.22. The van der Waals surface area contributed by atoms with Crippen LogP contribution in [0.1, 0.15) is 24.2 Å². The maximum atomic E-state index is 4.65. The van der Waals surface area contributed by atoms with Crippen LogP contribution in [0.15, 0.2) is 12.1 Å². The van der Waals surface area contributed by atoms with Crippen molar-refractivity contribution in [1.29, 1.82) is 0 Å². The van der Waals surface area contributed by atoms with Crippen molar-refractivity contribution in [2.45, 2.75) is 26.2 Å². The number of halogens is 1. The Balaban J connectivity index is 2.07. The van der Waals surface area contributed by atoms with Gasteiger partial charge in [0.05, 0.1) is 11.0 Å². The van der Waals surface area contributed by atoms with E-state index in [4.69, 9.17) is 0 Å². The van der Waals surface area contributed by atoms with E-state index in [0.717, 1.165) is 23.7 Å². The van der Waals surface area contributed by atoms with Crippen LogP contribution in [-0.4, -0.2) is 9.97 Å². The smallest absolute Gasteiger partial charge is 0.107 e. The van der Waals surface area contributed by atoms with E-state index in [1.165, 1.54) is 27.5 Å². The lowest BCUT2D eigenvalue weighted by atomic mass is 10.2. The number of aromatic amines is 1. The number of hydrogen-bond donors (Lipinski definition) is 1. The van der Waals surface area contributed by atoms with Crippen LogP contribution in [0.5, 0.6) is 0 Å². The van der Waals surface area contributed by atoms with Crippen LogP contribution >= 0.6 is 22.6 Å². The number of benzene rings is 1. The lowest BCUT2D eigenvalue weighted by molar-refractivity contribution is 0.787. The molecule has 2 aromatic rings. The molecule has 3 rings (SSSR count). The fraction of sp³-hybridized carbons (Fsp3) is 0.417. The summed E-state index contributed by atoms with van der Waals surface area (Å²) in [5.74, 6) is 2.06. The van der Waals surface area contributed by atoms with Gasteiger partial charge in [0.15, 0.2) is 0 Å². The van der Waals surface area contributed by atoms with Gasteiger partial charge in [0.2, 0.25) is 0 Å². The van der Waals surface area contributed by atoms with Gasteiger partial charge in [-0.15, -0.1) is 0 Å². The Kier molecular flexibility index (Phi) is 2.23. The van der Waals surface area contributed by atoms with Crippen molar-refractivity contribution in [2.24, 2.45) is 5.92 Å². The third kappa shape index (κ3) is 1.89. The Bertz CT molecular complexity index is 512. The highest BCUT2D eigenvalue weighted by Crippen LogP contribution is 2.32. The third-order valence-corrected chi connectivity index (χ3v) is 3.61. The van der Waals surface area contributed by atoms with Gasteiger partial charge < -0.3 is 4.98 Å². The second kappa shape index (κ2) is 3.47. The molecule has 0 amide bonds. The van der Waals surface area contributed by atoms with Crippen molar-refractivity contribution >= 4 is 33.6 Å². The van der Waals surface area contributed by atoms with Gasteiger partial charge in [0, 0.05) is 9.99 Å². The summed E-state index contributed by atoms with van der Waals surface area (Å²) in [5, 5.41) is 0. The van der Waals surface area contributed by atoms with Crippen LogP contribution < -0.4 is 0 Å². The van der Waals surface area contributed by atoms with Gasteiger partial charge in [0.1, 0.15) is 5.82 Å². The molecule has 0 atom stereocenters. The zero-order chi connectivity index (χ0) is 10.4. The molecule has 78 valence electrons. The molecule has 0 spiro atoms. The Hall–Kier alpha value is -0.580. The highest BCUT2D eigenvalue weighted by Gasteiger charge is 2.23. The van der Waals surface area contributed by atoms with E-state index >= 15 is 0 Å². The van der Waals surface area contributed by atoms with Gasteiger partial charge in [-0.2, -0.15) is 0 Å². The first-order valence-electron chi connectivity index (χ1n) is 5.37. The van der Waals surface area contributed by atoms with E-state index in [0.29, 0.717) is 0 Å². The number of H-pyrrole nitrogens is 1. The third-order valence-electron chi connectivity index (χ3n) is 2.98. The van der Waals surface area contributed by atoms with Crippen LogP contribution in [0, 0.1) is 16.4 Å². The number of fused-ring (bicyclic) bond motifs is 1. The van der Waals surface area contributed by atoms with E-state index < -0.39 is 0 Å². The minimum atomic E-state index is 0.893. The van der Waals surface area contributed by atoms with Crippen LogP contribution in [0.4, 0.5) is 0 Å². The molecular weight excluding hydrogens is 299 g/mol. The maximum Gasteiger partial charge on any atom is 0.107 e. The molecule has 1 aromatic carbocycles. The zero-order valence-electron chi connectivity index (χ0n) is 8.68. The average Bonchev–Trinajstić information content (AvgIpc) is 2.85. The summed E-state index contributed by atoms with van der Waals surface area (Å²) in [6, 6.07) is 4.35. The van der Waals surface area contributed by atoms with Crippen LogP contribution in [0.25, 0.3) is 11.0 Å². The molecule has 1 aliphatic carbocycles. The molecule has 0 radical (unpaired) electrons. The lowest BCUT2D eigenvalue weighted by Crippen LogP contribution is -1.88. The number of nitrogens with zero attached hydrogens (tertiary/aromatic N) is 1. The van der Waals surface area contributed by atoms with E-state index in [1.807, 2.05) is 0 Å². The van der Waals surface area contributed by atoms with E-state index in [1.54, 1.807) is 0 Å². The van der Waals surface area contributed by atoms with Crippen molar-refractivity contribution in [2.75, 3.05) is 0 Å². The molecule has 1 aliphatic rings. The highest BCUT2D eigenvalue weighted by molar-refractivity contribution is 14.1. The highest BCUT2D eigenvalue weighted by atomic mass is 127. The van der Waals surface area contributed by atoms with Crippen molar-refractivity contribution < 1.29 is 0 Å². The minimum Gasteiger partial charge on any atom is -0.342 e. The van der Waals surface area contributed by atoms with Crippen molar-refractivity contribution in [1.82, 2.24) is 9.97 Å². The number of nitrogens with one attached hydrogen (secondary N) is 1. The Labute approximate surface area is 103 Å². The van der Waals surface area contributed by atoms with Gasteiger partial charge in [-0.3, -0.25) is 0 Å². The van der Waals surface area contributed by atoms with Crippen molar-refractivity contribution in [3.8, 4) is 0 Å². The molecule has 1 fully saturated rings. The molecule has 1 aromatic heterocycles. The van der Waals surface area contributed by atoms with Gasteiger partial charge >= 0.3 is 0 Å². The zero-order valence-corrected chi connectivity index (χ0v) is 10.8. The molecule has 3 heteroatoms. The Morgan fingerprint density at radius 2 is 2.27 bits per heavy atom. The maximum absolute atomic E-state index is 4.65. The Morgan fingerprint density at radius 3 is 3.00 bits per heavy atom. The van der Waals surface area contributed by atoms with Crippen LogP contribution in [-0.2, 0) is 6.42 Å². The van der Waals surface area contributed by atoms with Gasteiger partial charge in [-0.05, 0) is 66.0 Å². The summed E-state index contributed by atoms with van der Waals surface area (Å²) in [7, 11) is 0. The second-order valence-electron chi connectivity index (χ2n) is 4.45. The normalized spacial score (nSPS) is 16.1. The molecule has 0 aliphatic heterocycles. The van der Waals surface area contributed by atoms with Crippen molar-refractivity contribution in [3.05, 3.63) is 27.1 Å². The molecule has 0 unspecified atom stereocenters. The predicted molar refractivity (Wildman–Crippen MR) is 70.0 cm³/mol. The fourth-order valence-electron chi connectivity index (χ4n) is 1.99. The monoisotopic (exact) mass is 312 g/mol. The molecule has 0 saturated heterocycles. The standard InChI is InChI=1S/C12H13IN2/c1-7-4-9(13)6-10-12(7)15-11(14-10)5-8-2-3-8/h4,6,8H,2-3,5H2,1H3,(H,14,15). The van der Waals surface area contributed by atoms with E-state index in [-0.39, 0.29) is 0 Å². The van der Waals surface area contributed by atoms with Gasteiger partial charge in [-0.25, -0.2) is 4.98 Å². The van der Waals surface area contributed by atoms with Crippen molar-refractivity contribution in [3.63, 3.8) is 0 Å². The van der Waals surface area contributed by atoms with Crippen LogP contribution in [0.3, 0.4) is 0 Å². The second-order valence-corrected chi connectivity index (χ2v) is 5.69. The van der Waals surface area contributed by atoms with Crippen LogP contribution in [0.2, 0.25) is 0 Å². The molecule has 1 heterocycles. The van der Waals surface area contributed by atoms with E-state index in [2.05, 4.69) is 51.6 Å². The summed E-state index contributed by atoms with van der Waals surface area (Å²) in [6.07, 6.45) is 3.89. The Morgan fingerprint density at radius 1 is 1.47 bits per heavy atom. The minimum absolute atomic E-state index is 0.893. The predicted octanol–water partition coefficient (Wildman–Crippen LogP) is 3.43. The summed E-state index contributed by atoms with van der Waals surface area (Å²) in [5.41, 5.74) is 3.63. The fourth-order valence-corrected chi connectivity index (χ4v) is 2.75. The summed E-state index contributed by atoms with van der Waals surface area (Å²) in [4.78, 5) is 8.10. The first kappa shape index (κ1) is 9.63. The number of rotatable bonds is 2. The largest absolute Gasteiger partial charge is 0.342 e. The number of imidazole rings is 1. The van der Waals surface area contributed by atoms with E-state index in [9.17, 15) is 0 Å².